The van der Waals surface area contributed by atoms with Crippen molar-refractivity contribution in [2.45, 2.75) is 38.9 Å². The van der Waals surface area contributed by atoms with Crippen molar-refractivity contribution in [3.63, 3.8) is 0 Å². The van der Waals surface area contributed by atoms with Crippen LogP contribution in [0.1, 0.15) is 38.9 Å². The molecule has 0 amide bonds. The van der Waals surface area contributed by atoms with E-state index in [1.54, 1.807) is 45.0 Å². The van der Waals surface area contributed by atoms with Crippen LogP contribution in [0.15, 0.2) is 24.3 Å². The van der Waals surface area contributed by atoms with Crippen molar-refractivity contribution in [1.82, 2.24) is 0 Å². The molecule has 0 fully saturated rings. The van der Waals surface area contributed by atoms with Gasteiger partial charge >= 0.3 is 5.97 Å². The Balaban J connectivity index is 2.61. The van der Waals surface area contributed by atoms with Gasteiger partial charge in [-0.1, -0.05) is 23.7 Å². The Bertz CT molecular complexity index is 396. The Hall–Kier alpha value is -1.06. The molecule has 4 heteroatoms. The van der Waals surface area contributed by atoms with Crippen LogP contribution >= 0.6 is 11.6 Å². The Morgan fingerprint density at radius 3 is 2.65 bits per heavy atom. The summed E-state index contributed by atoms with van der Waals surface area (Å²) in [6.45, 7) is 5.37. The highest BCUT2D eigenvalue weighted by Gasteiger charge is 2.20. The van der Waals surface area contributed by atoms with Gasteiger partial charge in [-0.2, -0.15) is 0 Å². The second-order valence-electron chi connectivity index (χ2n) is 4.86. The lowest BCUT2D eigenvalue weighted by Crippen LogP contribution is -2.24. The summed E-state index contributed by atoms with van der Waals surface area (Å²) in [6.07, 6.45) is -0.957. The van der Waals surface area contributed by atoms with E-state index in [-0.39, 0.29) is 6.42 Å². The molecule has 0 bridgehead atoms. The topological polar surface area (TPSA) is 46.5 Å². The van der Waals surface area contributed by atoms with Gasteiger partial charge in [-0.25, -0.2) is 0 Å². The fourth-order valence-electron chi connectivity index (χ4n) is 1.37. The number of ether oxygens (including phenoxy) is 1. The summed E-state index contributed by atoms with van der Waals surface area (Å²) in [4.78, 5) is 11.5. The maximum Gasteiger partial charge on any atom is 0.309 e. The average Bonchev–Trinajstić information content (AvgIpc) is 2.14. The minimum absolute atomic E-state index is 0.0718. The highest BCUT2D eigenvalue weighted by molar-refractivity contribution is 6.30. The number of aliphatic hydroxyl groups is 1. The first kappa shape index (κ1) is 14.0. The maximum absolute atomic E-state index is 11.5. The third-order valence-electron chi connectivity index (χ3n) is 2.01. The van der Waals surface area contributed by atoms with E-state index in [4.69, 9.17) is 16.3 Å². The first-order valence-corrected chi connectivity index (χ1v) is 5.81. The molecule has 94 valence electrons. The lowest BCUT2D eigenvalue weighted by Gasteiger charge is -2.20. The molecule has 0 saturated carbocycles. The van der Waals surface area contributed by atoms with E-state index in [9.17, 15) is 9.90 Å². The summed E-state index contributed by atoms with van der Waals surface area (Å²) < 4.78 is 5.13. The van der Waals surface area contributed by atoms with Crippen LogP contribution in [0.2, 0.25) is 5.02 Å². The van der Waals surface area contributed by atoms with Crippen LogP contribution in [0.3, 0.4) is 0 Å². The lowest BCUT2D eigenvalue weighted by atomic mass is 10.1. The van der Waals surface area contributed by atoms with Crippen LogP contribution in [0, 0.1) is 0 Å². The molecule has 0 heterocycles. The molecule has 1 N–H and O–H groups in total. The van der Waals surface area contributed by atoms with Gasteiger partial charge < -0.3 is 9.84 Å². The van der Waals surface area contributed by atoms with E-state index >= 15 is 0 Å². The Morgan fingerprint density at radius 2 is 2.12 bits per heavy atom. The predicted molar refractivity (Wildman–Crippen MR) is 66.9 cm³/mol. The van der Waals surface area contributed by atoms with Gasteiger partial charge in [0.05, 0.1) is 12.5 Å². The van der Waals surface area contributed by atoms with Gasteiger partial charge in [0.25, 0.3) is 0 Å². The highest BCUT2D eigenvalue weighted by Crippen LogP contribution is 2.21. The normalized spacial score (nSPS) is 13.2. The number of carbonyl (C=O) groups is 1. The summed E-state index contributed by atoms with van der Waals surface area (Å²) in [5.74, 6) is -0.426. The monoisotopic (exact) mass is 256 g/mol. The zero-order valence-electron chi connectivity index (χ0n) is 10.2. The first-order valence-electron chi connectivity index (χ1n) is 5.43. The first-order chi connectivity index (χ1) is 7.78. The predicted octanol–water partition coefficient (Wildman–Crippen LogP) is 3.11. The number of carbonyl (C=O) groups excluding carboxylic acids is 1. The molecule has 0 spiro atoms. The lowest BCUT2D eigenvalue weighted by molar-refractivity contribution is -0.157. The smallest absolute Gasteiger partial charge is 0.309 e. The summed E-state index contributed by atoms with van der Waals surface area (Å²) >= 11 is 5.80. The molecule has 0 saturated heterocycles. The van der Waals surface area contributed by atoms with Crippen LogP contribution < -0.4 is 0 Å². The third-order valence-corrected chi connectivity index (χ3v) is 2.25. The number of halogens is 1. The molecular weight excluding hydrogens is 240 g/mol. The Morgan fingerprint density at radius 1 is 1.47 bits per heavy atom. The van der Waals surface area contributed by atoms with Crippen molar-refractivity contribution in [1.29, 1.82) is 0 Å². The molecule has 1 aromatic carbocycles. The molecule has 0 radical (unpaired) electrons. The van der Waals surface area contributed by atoms with Gasteiger partial charge in [-0.15, -0.1) is 0 Å². The maximum atomic E-state index is 11.5. The van der Waals surface area contributed by atoms with Gasteiger partial charge in [-0.3, -0.25) is 4.79 Å². The molecule has 0 aliphatic carbocycles. The minimum atomic E-state index is -0.886. The fraction of sp³-hybridized carbons (Fsp3) is 0.462. The van der Waals surface area contributed by atoms with Crippen LogP contribution in [0.4, 0.5) is 0 Å². The largest absolute Gasteiger partial charge is 0.460 e. The highest BCUT2D eigenvalue weighted by atomic mass is 35.5. The van der Waals surface area contributed by atoms with Crippen LogP contribution in [-0.4, -0.2) is 16.7 Å². The standard InChI is InChI=1S/C13H17ClO3/c1-13(2,3)17-12(16)8-11(15)9-5-4-6-10(14)7-9/h4-7,11,15H,8H2,1-3H3. The van der Waals surface area contributed by atoms with Gasteiger partial charge in [0.1, 0.15) is 5.60 Å². The Kier molecular flexibility index (Phi) is 4.54. The second-order valence-corrected chi connectivity index (χ2v) is 5.30. The van der Waals surface area contributed by atoms with Gasteiger partial charge in [0.2, 0.25) is 0 Å². The van der Waals surface area contributed by atoms with E-state index in [1.165, 1.54) is 0 Å². The Labute approximate surface area is 106 Å². The van der Waals surface area contributed by atoms with Crippen molar-refractivity contribution in [2.24, 2.45) is 0 Å². The molecule has 1 unspecified atom stereocenters. The average molecular weight is 257 g/mol. The number of esters is 1. The van der Waals surface area contributed by atoms with Crippen molar-refractivity contribution in [3.05, 3.63) is 34.9 Å². The van der Waals surface area contributed by atoms with Crippen LogP contribution in [0.25, 0.3) is 0 Å². The molecular formula is C13H17ClO3. The number of benzene rings is 1. The molecule has 0 aliphatic rings. The van der Waals surface area contributed by atoms with Crippen LogP contribution in [-0.2, 0) is 9.53 Å². The number of hydrogen-bond acceptors (Lipinski definition) is 3. The van der Waals surface area contributed by atoms with Gasteiger partial charge in [0, 0.05) is 5.02 Å². The minimum Gasteiger partial charge on any atom is -0.460 e. The fourth-order valence-corrected chi connectivity index (χ4v) is 1.57. The zero-order chi connectivity index (χ0) is 13.1. The van der Waals surface area contributed by atoms with Crippen LogP contribution in [0.5, 0.6) is 0 Å². The summed E-state index contributed by atoms with van der Waals surface area (Å²) in [6, 6.07) is 6.80. The van der Waals surface area contributed by atoms with Crippen molar-refractivity contribution >= 4 is 17.6 Å². The molecule has 1 atom stereocenters. The second kappa shape index (κ2) is 5.52. The van der Waals surface area contributed by atoms with E-state index in [1.807, 2.05) is 0 Å². The molecule has 1 rings (SSSR count). The molecule has 0 aromatic heterocycles. The van der Waals surface area contributed by atoms with E-state index in [2.05, 4.69) is 0 Å². The summed E-state index contributed by atoms with van der Waals surface area (Å²) in [5, 5.41) is 10.4. The van der Waals surface area contributed by atoms with E-state index in [0.717, 1.165) is 0 Å². The van der Waals surface area contributed by atoms with E-state index < -0.39 is 17.7 Å². The van der Waals surface area contributed by atoms with Crippen molar-refractivity contribution in [3.8, 4) is 0 Å². The summed E-state index contributed by atoms with van der Waals surface area (Å²) in [7, 11) is 0. The van der Waals surface area contributed by atoms with Crippen molar-refractivity contribution < 1.29 is 14.6 Å². The zero-order valence-corrected chi connectivity index (χ0v) is 11.0. The van der Waals surface area contributed by atoms with Crippen molar-refractivity contribution in [2.75, 3.05) is 0 Å². The number of hydrogen-bond donors (Lipinski definition) is 1. The molecule has 3 nitrogen and oxygen atoms in total. The number of aliphatic hydroxyl groups excluding tert-OH is 1. The molecule has 17 heavy (non-hydrogen) atoms. The SMILES string of the molecule is CC(C)(C)OC(=O)CC(O)c1cccc(Cl)c1. The quantitative estimate of drug-likeness (QED) is 0.846. The summed E-state index contributed by atoms with van der Waals surface area (Å²) in [5.41, 5.74) is 0.0777. The third kappa shape index (κ3) is 5.20. The molecule has 1 aromatic rings. The molecule has 0 aliphatic heterocycles. The van der Waals surface area contributed by atoms with Gasteiger partial charge in [-0.05, 0) is 38.5 Å². The van der Waals surface area contributed by atoms with Gasteiger partial charge in [0.15, 0.2) is 0 Å². The number of rotatable bonds is 3. The van der Waals surface area contributed by atoms with E-state index in [0.29, 0.717) is 10.6 Å².